The van der Waals surface area contributed by atoms with Crippen LogP contribution in [0.3, 0.4) is 0 Å². The molecule has 10 heteroatoms. The molecule has 4 aromatic heterocycles. The first kappa shape index (κ1) is 29.4. The second-order valence-corrected chi connectivity index (χ2v) is 13.6. The standard InChI is InChI=1S/C33H41N7O2S/c1-6-38(7-2)21(3)19-34-32(42)22-15-26(24-20-35-40-13-10-25(37-31(24)40)28-9-8-14-43-28)36-29(16-22)39-12-11-27(39)30(41)23-17-33(4,5)18-23/h8-10,13-16,20-21,23,27H,6-7,11-12,17-19H2,1-5H3,(H,34,42)/t21-,27-/m0/s1. The van der Waals surface area contributed by atoms with Crippen molar-refractivity contribution in [3.8, 4) is 21.8 Å². The van der Waals surface area contributed by atoms with E-state index in [-0.39, 0.29) is 29.3 Å². The molecule has 9 nitrogen and oxygen atoms in total. The number of anilines is 1. The molecule has 43 heavy (non-hydrogen) atoms. The lowest BCUT2D eigenvalue weighted by Crippen LogP contribution is -2.56. The number of likely N-dealkylation sites (N-methyl/N-ethyl adjacent to an activating group) is 1. The Kier molecular flexibility index (Phi) is 8.08. The summed E-state index contributed by atoms with van der Waals surface area (Å²) in [5.74, 6) is 0.901. The van der Waals surface area contributed by atoms with Crippen molar-refractivity contribution in [3.63, 3.8) is 0 Å². The third-order valence-electron chi connectivity index (χ3n) is 9.13. The predicted octanol–water partition coefficient (Wildman–Crippen LogP) is 5.56. The summed E-state index contributed by atoms with van der Waals surface area (Å²) in [5.41, 5.74) is 3.65. The monoisotopic (exact) mass is 599 g/mol. The minimum absolute atomic E-state index is 0.106. The lowest BCUT2D eigenvalue weighted by molar-refractivity contribution is -0.131. The normalized spacial score (nSPS) is 18.8. The number of nitrogens with one attached hydrogen (secondary N) is 1. The van der Waals surface area contributed by atoms with Crippen molar-refractivity contribution < 1.29 is 9.59 Å². The summed E-state index contributed by atoms with van der Waals surface area (Å²) in [6.07, 6.45) is 6.33. The average molecular weight is 600 g/mol. The first-order valence-corrected chi connectivity index (χ1v) is 16.3. The zero-order valence-electron chi connectivity index (χ0n) is 25.7. The minimum atomic E-state index is -0.199. The third kappa shape index (κ3) is 5.82. The number of hydrogen-bond acceptors (Lipinski definition) is 8. The predicted molar refractivity (Wildman–Crippen MR) is 172 cm³/mol. The molecule has 1 aliphatic heterocycles. The third-order valence-corrected chi connectivity index (χ3v) is 10.0. The first-order valence-electron chi connectivity index (χ1n) is 15.4. The van der Waals surface area contributed by atoms with Crippen LogP contribution >= 0.6 is 11.3 Å². The Hall–Kier alpha value is -3.63. The molecule has 0 unspecified atom stereocenters. The van der Waals surface area contributed by atoms with Crippen LogP contribution in [0.4, 0.5) is 5.82 Å². The number of ketones is 1. The van der Waals surface area contributed by atoms with Crippen LogP contribution in [-0.2, 0) is 4.79 Å². The van der Waals surface area contributed by atoms with Crippen LogP contribution in [0, 0.1) is 11.3 Å². The van der Waals surface area contributed by atoms with Crippen LogP contribution in [0.2, 0.25) is 0 Å². The Balaban J connectivity index is 1.34. The van der Waals surface area contributed by atoms with Crippen LogP contribution in [0.15, 0.2) is 48.1 Å². The number of fused-ring (bicyclic) bond motifs is 1. The van der Waals surface area contributed by atoms with E-state index in [4.69, 9.17) is 9.97 Å². The van der Waals surface area contributed by atoms with E-state index < -0.39 is 0 Å². The van der Waals surface area contributed by atoms with Gasteiger partial charge in [-0.25, -0.2) is 14.5 Å². The number of Topliss-reactive ketones (excluding diaryl/α,β-unsaturated/α-hetero) is 1. The van der Waals surface area contributed by atoms with Crippen LogP contribution in [-0.4, -0.2) is 74.4 Å². The van der Waals surface area contributed by atoms with Gasteiger partial charge in [-0.05, 0) is 74.3 Å². The minimum Gasteiger partial charge on any atom is -0.350 e. The van der Waals surface area contributed by atoms with E-state index in [1.807, 2.05) is 41.9 Å². The smallest absolute Gasteiger partial charge is 0.251 e. The fourth-order valence-corrected chi connectivity index (χ4v) is 7.26. The molecule has 4 aromatic rings. The van der Waals surface area contributed by atoms with E-state index in [0.717, 1.165) is 55.0 Å². The molecule has 0 aromatic carbocycles. The molecule has 1 saturated carbocycles. The molecule has 226 valence electrons. The van der Waals surface area contributed by atoms with E-state index in [0.29, 0.717) is 35.1 Å². The van der Waals surface area contributed by atoms with Crippen LogP contribution in [0.1, 0.15) is 64.2 Å². The zero-order valence-corrected chi connectivity index (χ0v) is 26.5. The highest BCUT2D eigenvalue weighted by molar-refractivity contribution is 7.13. The second kappa shape index (κ2) is 11.8. The maximum Gasteiger partial charge on any atom is 0.251 e. The molecule has 5 heterocycles. The lowest BCUT2D eigenvalue weighted by atomic mass is 9.61. The van der Waals surface area contributed by atoms with Gasteiger partial charge >= 0.3 is 0 Å². The average Bonchev–Trinajstić information content (AvgIpc) is 3.64. The van der Waals surface area contributed by atoms with Gasteiger partial charge in [-0.3, -0.25) is 14.5 Å². The summed E-state index contributed by atoms with van der Waals surface area (Å²) in [7, 11) is 0. The summed E-state index contributed by atoms with van der Waals surface area (Å²) in [6, 6.07) is 9.68. The molecule has 0 radical (unpaired) electrons. The van der Waals surface area contributed by atoms with Crippen molar-refractivity contribution in [1.82, 2.24) is 29.8 Å². The molecule has 2 fully saturated rings. The zero-order chi connectivity index (χ0) is 30.3. The molecule has 1 amide bonds. The maximum absolute atomic E-state index is 13.6. The van der Waals surface area contributed by atoms with E-state index in [1.165, 1.54) is 0 Å². The summed E-state index contributed by atoms with van der Waals surface area (Å²) >= 11 is 1.63. The van der Waals surface area contributed by atoms with Gasteiger partial charge in [-0.1, -0.05) is 33.8 Å². The van der Waals surface area contributed by atoms with Crippen LogP contribution < -0.4 is 10.2 Å². The van der Waals surface area contributed by atoms with Gasteiger partial charge in [0.15, 0.2) is 11.4 Å². The Morgan fingerprint density at radius 3 is 2.58 bits per heavy atom. The van der Waals surface area contributed by atoms with Gasteiger partial charge < -0.3 is 10.2 Å². The van der Waals surface area contributed by atoms with Crippen molar-refractivity contribution in [2.24, 2.45) is 11.3 Å². The number of hydrogen-bond donors (Lipinski definition) is 1. The van der Waals surface area contributed by atoms with Crippen molar-refractivity contribution in [2.45, 2.75) is 66.0 Å². The number of carbonyl (C=O) groups excluding carboxylic acids is 2. The SMILES string of the molecule is CCN(CC)[C@@H](C)CNC(=O)c1cc(-c2cnn3ccc(-c4cccs4)nc23)nc(N2CC[C@H]2C(=O)C2CC(C)(C)C2)c1. The number of rotatable bonds is 11. The molecule has 1 saturated heterocycles. The number of thiophene rings is 1. The van der Waals surface area contributed by atoms with E-state index >= 15 is 0 Å². The molecular formula is C33H41N7O2S. The van der Waals surface area contributed by atoms with Crippen molar-refractivity contribution in [1.29, 1.82) is 0 Å². The van der Waals surface area contributed by atoms with Gasteiger partial charge in [0.25, 0.3) is 5.91 Å². The van der Waals surface area contributed by atoms with Gasteiger partial charge in [0.2, 0.25) is 0 Å². The summed E-state index contributed by atoms with van der Waals surface area (Å²) < 4.78 is 1.74. The first-order chi connectivity index (χ1) is 20.7. The summed E-state index contributed by atoms with van der Waals surface area (Å²) in [4.78, 5) is 42.5. The number of carbonyl (C=O) groups is 2. The van der Waals surface area contributed by atoms with Gasteiger partial charge in [-0.2, -0.15) is 5.10 Å². The molecule has 1 N–H and O–H groups in total. The summed E-state index contributed by atoms with van der Waals surface area (Å²) in [5, 5.41) is 9.71. The number of amides is 1. The highest BCUT2D eigenvalue weighted by Crippen LogP contribution is 2.47. The fraction of sp³-hybridized carbons (Fsp3) is 0.485. The van der Waals surface area contributed by atoms with Crippen LogP contribution in [0.25, 0.3) is 27.5 Å². The Labute approximate surface area is 257 Å². The van der Waals surface area contributed by atoms with Crippen molar-refractivity contribution >= 4 is 34.5 Å². The number of nitrogens with zero attached hydrogens (tertiary/aromatic N) is 6. The van der Waals surface area contributed by atoms with E-state index in [9.17, 15) is 9.59 Å². The largest absolute Gasteiger partial charge is 0.350 e. The lowest BCUT2D eigenvalue weighted by Gasteiger charge is -2.48. The maximum atomic E-state index is 13.6. The fourth-order valence-electron chi connectivity index (χ4n) is 6.57. The Bertz CT molecular complexity index is 1620. The quantitative estimate of drug-likeness (QED) is 0.241. The summed E-state index contributed by atoms with van der Waals surface area (Å²) in [6.45, 7) is 14.0. The molecule has 0 spiro atoms. The molecule has 1 aliphatic carbocycles. The van der Waals surface area contributed by atoms with Gasteiger partial charge in [-0.15, -0.1) is 11.3 Å². The number of pyridine rings is 1. The van der Waals surface area contributed by atoms with Gasteiger partial charge in [0, 0.05) is 36.8 Å². The molecule has 0 bridgehead atoms. The van der Waals surface area contributed by atoms with Crippen LogP contribution in [0.5, 0.6) is 0 Å². The topological polar surface area (TPSA) is 95.7 Å². The second-order valence-electron chi connectivity index (χ2n) is 12.7. The van der Waals surface area contributed by atoms with E-state index in [1.54, 1.807) is 22.0 Å². The Morgan fingerprint density at radius 1 is 1.14 bits per heavy atom. The van der Waals surface area contributed by atoms with Gasteiger partial charge in [0.05, 0.1) is 34.1 Å². The highest BCUT2D eigenvalue weighted by Gasteiger charge is 2.46. The molecule has 2 aliphatic rings. The highest BCUT2D eigenvalue weighted by atomic mass is 32.1. The van der Waals surface area contributed by atoms with E-state index in [2.05, 4.69) is 54.8 Å². The Morgan fingerprint density at radius 2 is 1.93 bits per heavy atom. The van der Waals surface area contributed by atoms with Gasteiger partial charge in [0.1, 0.15) is 5.82 Å². The molecular weight excluding hydrogens is 558 g/mol. The molecule has 6 rings (SSSR count). The van der Waals surface area contributed by atoms with Crippen molar-refractivity contribution in [2.75, 3.05) is 31.1 Å². The molecule has 2 atom stereocenters. The number of aromatic nitrogens is 4. The van der Waals surface area contributed by atoms with Crippen molar-refractivity contribution in [3.05, 3.63) is 53.7 Å².